The zero-order chi connectivity index (χ0) is 14.7. The second kappa shape index (κ2) is 5.33. The number of amides is 4. The van der Waals surface area contributed by atoms with Crippen LogP contribution in [0.3, 0.4) is 0 Å². The predicted octanol–water partition coefficient (Wildman–Crippen LogP) is -1.31. The summed E-state index contributed by atoms with van der Waals surface area (Å²) >= 11 is 0. The summed E-state index contributed by atoms with van der Waals surface area (Å²) in [4.78, 5) is 57.9. The molecule has 1 aliphatic heterocycles. The molecule has 104 valence electrons. The second-order valence-corrected chi connectivity index (χ2v) is 3.19. The number of rotatable bonds is 1. The second-order valence-electron chi connectivity index (χ2n) is 3.19. The van der Waals surface area contributed by atoms with Crippen molar-refractivity contribution in [3.8, 4) is 0 Å². The minimum absolute atomic E-state index is 0.172. The predicted molar refractivity (Wildman–Crippen MR) is 54.3 cm³/mol. The largest absolute Gasteiger partial charge is 0.466 e. The lowest BCUT2D eigenvalue weighted by Crippen LogP contribution is -2.51. The van der Waals surface area contributed by atoms with Crippen LogP contribution in [0.4, 0.5) is 9.59 Å². The molecule has 0 bridgehead atoms. The van der Waals surface area contributed by atoms with Gasteiger partial charge in [-0.2, -0.15) is 0 Å². The fourth-order valence-corrected chi connectivity index (χ4v) is 1.42. The number of imide groups is 2. The maximum Gasteiger partial charge on any atom is 0.418 e. The van der Waals surface area contributed by atoms with Crippen molar-refractivity contribution in [1.82, 2.24) is 9.80 Å². The molecule has 10 heteroatoms. The molecule has 1 heterocycles. The summed E-state index contributed by atoms with van der Waals surface area (Å²) < 4.78 is 12.9. The lowest BCUT2D eigenvalue weighted by molar-refractivity contribution is -0.151. The molecule has 0 aromatic rings. The van der Waals surface area contributed by atoms with E-state index in [1.54, 1.807) is 0 Å². The van der Waals surface area contributed by atoms with E-state index in [9.17, 15) is 24.0 Å². The van der Waals surface area contributed by atoms with Gasteiger partial charge in [-0.25, -0.2) is 24.2 Å². The Labute approximate surface area is 106 Å². The summed E-state index contributed by atoms with van der Waals surface area (Å²) in [5, 5.41) is 0. The van der Waals surface area contributed by atoms with Gasteiger partial charge in [0.2, 0.25) is 6.17 Å². The number of esters is 1. The molecular weight excluding hydrogens is 264 g/mol. The number of carbonyl (C=O) groups is 5. The first-order valence-electron chi connectivity index (χ1n) is 4.81. The number of carbonyl (C=O) groups excluding carboxylic acids is 5. The van der Waals surface area contributed by atoms with Crippen LogP contribution in [0.5, 0.6) is 0 Å². The summed E-state index contributed by atoms with van der Waals surface area (Å²) in [5.41, 5.74) is 0. The highest BCUT2D eigenvalue weighted by molar-refractivity contribution is 6.42. The van der Waals surface area contributed by atoms with Crippen LogP contribution >= 0.6 is 0 Å². The standard InChI is InChI=1S/C9H10N2O8/c1-17-7(14)4-10(8(15)18-2)5(12)6(13)11(4)9(16)19-3/h4H,1-3H3. The van der Waals surface area contributed by atoms with Gasteiger partial charge in [0, 0.05) is 0 Å². The average molecular weight is 274 g/mol. The number of hydrogen-bond donors (Lipinski definition) is 0. The minimum atomic E-state index is -1.88. The van der Waals surface area contributed by atoms with Crippen LogP contribution in [0.2, 0.25) is 0 Å². The van der Waals surface area contributed by atoms with Crippen molar-refractivity contribution in [2.24, 2.45) is 0 Å². The number of hydrogen-bond acceptors (Lipinski definition) is 8. The molecule has 0 aromatic carbocycles. The van der Waals surface area contributed by atoms with Gasteiger partial charge in [0.1, 0.15) is 0 Å². The van der Waals surface area contributed by atoms with Gasteiger partial charge in [-0.3, -0.25) is 9.59 Å². The smallest absolute Gasteiger partial charge is 0.418 e. The quantitative estimate of drug-likeness (QED) is 0.328. The van der Waals surface area contributed by atoms with Gasteiger partial charge in [-0.05, 0) is 0 Å². The molecule has 0 radical (unpaired) electrons. The first kappa shape index (κ1) is 14.4. The Morgan fingerprint density at radius 1 is 0.842 bits per heavy atom. The molecule has 0 aromatic heterocycles. The normalized spacial score (nSPS) is 15.5. The molecule has 1 aliphatic rings. The van der Waals surface area contributed by atoms with Gasteiger partial charge in [0.05, 0.1) is 21.3 Å². The van der Waals surface area contributed by atoms with Crippen LogP contribution in [0.1, 0.15) is 0 Å². The maximum absolute atomic E-state index is 11.6. The van der Waals surface area contributed by atoms with E-state index in [0.717, 1.165) is 21.3 Å². The van der Waals surface area contributed by atoms with Crippen molar-refractivity contribution in [1.29, 1.82) is 0 Å². The van der Waals surface area contributed by atoms with E-state index in [1.807, 2.05) is 0 Å². The maximum atomic E-state index is 11.6. The first-order chi connectivity index (χ1) is 8.90. The highest BCUT2D eigenvalue weighted by Crippen LogP contribution is 2.20. The van der Waals surface area contributed by atoms with Crippen molar-refractivity contribution in [3.63, 3.8) is 0 Å². The van der Waals surface area contributed by atoms with Gasteiger partial charge in [0.15, 0.2) is 0 Å². The molecule has 4 amide bonds. The van der Waals surface area contributed by atoms with E-state index in [2.05, 4.69) is 14.2 Å². The van der Waals surface area contributed by atoms with Gasteiger partial charge in [-0.1, -0.05) is 0 Å². The van der Waals surface area contributed by atoms with Crippen LogP contribution in [-0.4, -0.2) is 67.3 Å². The van der Waals surface area contributed by atoms with Crippen molar-refractivity contribution in [2.75, 3.05) is 21.3 Å². The molecule has 0 unspecified atom stereocenters. The van der Waals surface area contributed by atoms with E-state index < -0.39 is 36.1 Å². The van der Waals surface area contributed by atoms with Crippen LogP contribution in [0.15, 0.2) is 0 Å². The lowest BCUT2D eigenvalue weighted by atomic mass is 10.4. The minimum Gasteiger partial charge on any atom is -0.466 e. The van der Waals surface area contributed by atoms with E-state index in [0.29, 0.717) is 0 Å². The Bertz CT molecular complexity index is 425. The topological polar surface area (TPSA) is 120 Å². The molecule has 0 aliphatic carbocycles. The molecule has 1 fully saturated rings. The summed E-state index contributed by atoms with van der Waals surface area (Å²) in [5.74, 6) is -3.96. The van der Waals surface area contributed by atoms with E-state index in [-0.39, 0.29) is 9.80 Å². The molecule has 0 spiro atoms. The summed E-state index contributed by atoms with van der Waals surface area (Å²) in [7, 11) is 2.84. The van der Waals surface area contributed by atoms with E-state index in [1.165, 1.54) is 0 Å². The Kier molecular flexibility index (Phi) is 4.04. The van der Waals surface area contributed by atoms with Crippen LogP contribution in [0, 0.1) is 0 Å². The van der Waals surface area contributed by atoms with Crippen molar-refractivity contribution >= 4 is 30.0 Å². The van der Waals surface area contributed by atoms with E-state index in [4.69, 9.17) is 0 Å². The Morgan fingerprint density at radius 2 is 1.21 bits per heavy atom. The summed E-state index contributed by atoms with van der Waals surface area (Å²) in [6.07, 6.45) is -4.44. The highest BCUT2D eigenvalue weighted by atomic mass is 16.6. The monoisotopic (exact) mass is 274 g/mol. The van der Waals surface area contributed by atoms with E-state index >= 15 is 0 Å². The Hall–Kier alpha value is -2.65. The third-order valence-electron chi connectivity index (χ3n) is 2.26. The fourth-order valence-electron chi connectivity index (χ4n) is 1.42. The number of nitrogens with zero attached hydrogens (tertiary/aromatic N) is 2. The molecular formula is C9H10N2O8. The molecule has 0 N–H and O–H groups in total. The van der Waals surface area contributed by atoms with Crippen LogP contribution < -0.4 is 0 Å². The van der Waals surface area contributed by atoms with Gasteiger partial charge in [0.25, 0.3) is 0 Å². The lowest BCUT2D eigenvalue weighted by Gasteiger charge is -2.22. The van der Waals surface area contributed by atoms with Crippen LogP contribution in [0.25, 0.3) is 0 Å². The number of methoxy groups -OCH3 is 3. The average Bonchev–Trinajstić information content (AvgIpc) is 2.69. The van der Waals surface area contributed by atoms with Gasteiger partial charge < -0.3 is 14.2 Å². The van der Waals surface area contributed by atoms with Crippen molar-refractivity contribution in [3.05, 3.63) is 0 Å². The molecule has 19 heavy (non-hydrogen) atoms. The third kappa shape index (κ3) is 2.19. The molecule has 0 atom stereocenters. The van der Waals surface area contributed by atoms with Crippen LogP contribution in [-0.2, 0) is 28.6 Å². The third-order valence-corrected chi connectivity index (χ3v) is 2.26. The van der Waals surface area contributed by atoms with Gasteiger partial charge in [-0.15, -0.1) is 0 Å². The zero-order valence-corrected chi connectivity index (χ0v) is 10.2. The first-order valence-corrected chi connectivity index (χ1v) is 4.81. The SMILES string of the molecule is COC(=O)C1N(C(=O)OC)C(=O)C(=O)N1C(=O)OC. The molecule has 0 saturated carbocycles. The molecule has 1 saturated heterocycles. The van der Waals surface area contributed by atoms with Gasteiger partial charge >= 0.3 is 30.0 Å². The highest BCUT2D eigenvalue weighted by Gasteiger charge is 2.56. The van der Waals surface area contributed by atoms with Crippen molar-refractivity contribution in [2.45, 2.75) is 6.17 Å². The Morgan fingerprint density at radius 3 is 1.47 bits per heavy atom. The Balaban J connectivity index is 3.28. The molecule has 1 rings (SSSR count). The van der Waals surface area contributed by atoms with Crippen molar-refractivity contribution < 1.29 is 38.2 Å². The molecule has 10 nitrogen and oxygen atoms in total. The summed E-state index contributed by atoms with van der Waals surface area (Å²) in [6, 6.07) is 0. The zero-order valence-electron chi connectivity index (χ0n) is 10.2. The fraction of sp³-hybridized carbons (Fsp3) is 0.444. The number of ether oxygens (including phenoxy) is 3. The summed E-state index contributed by atoms with van der Waals surface area (Å²) in [6.45, 7) is 0.